The molecule has 124 valence electrons. The normalized spacial score (nSPS) is 16.8. The number of carbonyl (C=O) groups excluding carboxylic acids is 1. The topological polar surface area (TPSA) is 46.1 Å². The Bertz CT molecular complexity index is 865. The molecule has 2 heterocycles. The van der Waals surface area contributed by atoms with Crippen LogP contribution in [0.2, 0.25) is 0 Å². The van der Waals surface area contributed by atoms with Gasteiger partial charge >= 0.3 is 0 Å². The third kappa shape index (κ3) is 3.03. The average Bonchev–Trinajstić information content (AvgIpc) is 3.18. The molecule has 1 fully saturated rings. The second-order valence-corrected chi connectivity index (χ2v) is 6.20. The van der Waals surface area contributed by atoms with E-state index in [0.717, 1.165) is 54.0 Å². The molecular weight excluding hydrogens is 310 g/mol. The van der Waals surface area contributed by atoms with Crippen LogP contribution in [0.15, 0.2) is 66.9 Å². The number of aromatic nitrogens is 2. The number of rotatable bonds is 4. The fourth-order valence-electron chi connectivity index (χ4n) is 3.34. The van der Waals surface area contributed by atoms with Gasteiger partial charge in [0.1, 0.15) is 12.1 Å². The maximum Gasteiger partial charge on any atom is 0.148 e. The Morgan fingerprint density at radius 2 is 1.56 bits per heavy atom. The molecule has 1 aliphatic heterocycles. The molecule has 0 bridgehead atoms. The van der Waals surface area contributed by atoms with Gasteiger partial charge in [0.2, 0.25) is 0 Å². The van der Waals surface area contributed by atoms with E-state index in [4.69, 9.17) is 9.97 Å². The monoisotopic (exact) mass is 329 g/mol. The summed E-state index contributed by atoms with van der Waals surface area (Å²) < 4.78 is 0. The van der Waals surface area contributed by atoms with E-state index >= 15 is 0 Å². The van der Waals surface area contributed by atoms with Crippen molar-refractivity contribution in [1.29, 1.82) is 0 Å². The van der Waals surface area contributed by atoms with Gasteiger partial charge in [-0.25, -0.2) is 4.98 Å². The highest BCUT2D eigenvalue weighted by Gasteiger charge is 2.26. The van der Waals surface area contributed by atoms with Gasteiger partial charge in [-0.15, -0.1) is 0 Å². The second-order valence-electron chi connectivity index (χ2n) is 6.20. The van der Waals surface area contributed by atoms with Crippen molar-refractivity contribution in [2.45, 2.75) is 18.9 Å². The fourth-order valence-corrected chi connectivity index (χ4v) is 3.34. The molecule has 1 atom stereocenters. The van der Waals surface area contributed by atoms with E-state index < -0.39 is 0 Å². The quantitative estimate of drug-likeness (QED) is 0.679. The first-order valence-electron chi connectivity index (χ1n) is 8.56. The lowest BCUT2D eigenvalue weighted by molar-refractivity contribution is -0.108. The second kappa shape index (κ2) is 6.85. The van der Waals surface area contributed by atoms with Crippen molar-refractivity contribution in [2.75, 3.05) is 11.4 Å². The largest absolute Gasteiger partial charge is 0.346 e. The summed E-state index contributed by atoms with van der Waals surface area (Å²) in [4.78, 5) is 23.0. The molecule has 0 amide bonds. The van der Waals surface area contributed by atoms with Gasteiger partial charge in [0, 0.05) is 17.7 Å². The first kappa shape index (κ1) is 15.5. The molecule has 0 aliphatic carbocycles. The number of nitrogens with zero attached hydrogens (tertiary/aromatic N) is 3. The minimum absolute atomic E-state index is 0.0968. The molecule has 0 saturated carbocycles. The summed E-state index contributed by atoms with van der Waals surface area (Å²) in [6, 6.07) is 20.1. The number of carbonyl (C=O) groups is 1. The van der Waals surface area contributed by atoms with Crippen molar-refractivity contribution in [3.63, 3.8) is 0 Å². The van der Waals surface area contributed by atoms with Crippen molar-refractivity contribution < 1.29 is 4.79 Å². The number of benzene rings is 2. The number of anilines is 1. The predicted octanol–water partition coefficient (Wildman–Crippen LogP) is 3.98. The zero-order valence-electron chi connectivity index (χ0n) is 13.9. The summed E-state index contributed by atoms with van der Waals surface area (Å²) >= 11 is 0. The van der Waals surface area contributed by atoms with Gasteiger partial charge in [-0.1, -0.05) is 60.7 Å². The Labute approximate surface area is 147 Å². The minimum atomic E-state index is -0.0968. The smallest absolute Gasteiger partial charge is 0.148 e. The fraction of sp³-hybridized carbons (Fsp3) is 0.190. The third-order valence-corrected chi connectivity index (χ3v) is 4.60. The van der Waals surface area contributed by atoms with Crippen LogP contribution >= 0.6 is 0 Å². The van der Waals surface area contributed by atoms with E-state index in [0.29, 0.717) is 0 Å². The van der Waals surface area contributed by atoms with E-state index in [1.807, 2.05) is 60.7 Å². The van der Waals surface area contributed by atoms with Crippen molar-refractivity contribution in [2.24, 2.45) is 0 Å². The molecule has 4 heteroatoms. The Morgan fingerprint density at radius 1 is 0.920 bits per heavy atom. The predicted molar refractivity (Wildman–Crippen MR) is 99.3 cm³/mol. The SMILES string of the molecule is O=CC1CCCN1c1cnc(-c2ccccc2)c(-c2ccccc2)n1. The summed E-state index contributed by atoms with van der Waals surface area (Å²) in [6.45, 7) is 0.844. The van der Waals surface area contributed by atoms with Gasteiger partial charge in [0.05, 0.1) is 23.6 Å². The van der Waals surface area contributed by atoms with Crippen molar-refractivity contribution >= 4 is 12.1 Å². The summed E-state index contributed by atoms with van der Waals surface area (Å²) in [7, 11) is 0. The maximum atomic E-state index is 11.3. The van der Waals surface area contributed by atoms with Crippen LogP contribution in [0.3, 0.4) is 0 Å². The van der Waals surface area contributed by atoms with Crippen LogP contribution in [0, 0.1) is 0 Å². The van der Waals surface area contributed by atoms with Gasteiger partial charge in [-0.2, -0.15) is 0 Å². The van der Waals surface area contributed by atoms with E-state index in [2.05, 4.69) is 4.90 Å². The van der Waals surface area contributed by atoms with Crippen LogP contribution < -0.4 is 4.90 Å². The van der Waals surface area contributed by atoms with Crippen LogP contribution in [-0.2, 0) is 4.79 Å². The van der Waals surface area contributed by atoms with Gasteiger partial charge in [0.15, 0.2) is 0 Å². The average molecular weight is 329 g/mol. The first-order valence-corrected chi connectivity index (χ1v) is 8.56. The van der Waals surface area contributed by atoms with Crippen molar-refractivity contribution in [3.05, 3.63) is 66.9 Å². The van der Waals surface area contributed by atoms with Gasteiger partial charge < -0.3 is 9.69 Å². The molecule has 4 nitrogen and oxygen atoms in total. The van der Waals surface area contributed by atoms with Gasteiger partial charge in [0.25, 0.3) is 0 Å². The zero-order valence-corrected chi connectivity index (χ0v) is 13.9. The lowest BCUT2D eigenvalue weighted by atomic mass is 10.0. The van der Waals surface area contributed by atoms with Gasteiger partial charge in [-0.05, 0) is 12.8 Å². The van der Waals surface area contributed by atoms with Crippen molar-refractivity contribution in [3.8, 4) is 22.5 Å². The number of hydrogen-bond donors (Lipinski definition) is 0. The molecule has 0 spiro atoms. The summed E-state index contributed by atoms with van der Waals surface area (Å²) in [5.41, 5.74) is 3.77. The number of hydrogen-bond acceptors (Lipinski definition) is 4. The number of aldehydes is 1. The highest BCUT2D eigenvalue weighted by molar-refractivity contribution is 5.79. The van der Waals surface area contributed by atoms with Crippen LogP contribution in [0.4, 0.5) is 5.82 Å². The lowest BCUT2D eigenvalue weighted by Crippen LogP contribution is -2.31. The van der Waals surface area contributed by atoms with E-state index in [1.165, 1.54) is 0 Å². The Kier molecular flexibility index (Phi) is 4.25. The molecule has 25 heavy (non-hydrogen) atoms. The highest BCUT2D eigenvalue weighted by Crippen LogP contribution is 2.32. The van der Waals surface area contributed by atoms with Crippen LogP contribution in [0.25, 0.3) is 22.5 Å². The molecule has 3 aromatic rings. The maximum absolute atomic E-state index is 11.3. The molecule has 1 aromatic heterocycles. The Hall–Kier alpha value is -3.01. The molecule has 0 radical (unpaired) electrons. The van der Waals surface area contributed by atoms with E-state index in [1.54, 1.807) is 6.20 Å². The van der Waals surface area contributed by atoms with Crippen LogP contribution in [-0.4, -0.2) is 28.8 Å². The summed E-state index contributed by atoms with van der Waals surface area (Å²) in [5.74, 6) is 0.771. The van der Waals surface area contributed by atoms with Crippen LogP contribution in [0.1, 0.15) is 12.8 Å². The zero-order chi connectivity index (χ0) is 17.1. The molecule has 2 aromatic carbocycles. The molecule has 0 N–H and O–H groups in total. The van der Waals surface area contributed by atoms with E-state index in [9.17, 15) is 4.79 Å². The molecular formula is C21H19N3O. The van der Waals surface area contributed by atoms with Crippen molar-refractivity contribution in [1.82, 2.24) is 9.97 Å². The van der Waals surface area contributed by atoms with Crippen LogP contribution in [0.5, 0.6) is 0 Å². The molecule has 1 saturated heterocycles. The summed E-state index contributed by atoms with van der Waals surface area (Å²) in [5, 5.41) is 0. The molecule has 1 aliphatic rings. The van der Waals surface area contributed by atoms with E-state index in [-0.39, 0.29) is 6.04 Å². The standard InChI is InChI=1S/C21H19N3O/c25-15-18-12-7-13-24(18)19-14-22-20(16-8-3-1-4-9-16)21(23-19)17-10-5-2-6-11-17/h1-6,8-11,14-15,18H,7,12-13H2. The highest BCUT2D eigenvalue weighted by atomic mass is 16.1. The third-order valence-electron chi connectivity index (χ3n) is 4.60. The molecule has 1 unspecified atom stereocenters. The van der Waals surface area contributed by atoms with Gasteiger partial charge in [-0.3, -0.25) is 4.98 Å². The molecule has 4 rings (SSSR count). The first-order chi connectivity index (χ1) is 12.4. The minimum Gasteiger partial charge on any atom is -0.346 e. The summed E-state index contributed by atoms with van der Waals surface area (Å²) in [6.07, 6.45) is 4.69. The Morgan fingerprint density at radius 3 is 2.20 bits per heavy atom. The lowest BCUT2D eigenvalue weighted by Gasteiger charge is -2.22. The Balaban J connectivity index is 1.85.